The Balaban J connectivity index is 2.32. The first-order chi connectivity index (χ1) is 9.15. The first-order valence-corrected chi connectivity index (χ1v) is 6.43. The second kappa shape index (κ2) is 4.22. The summed E-state index contributed by atoms with van der Waals surface area (Å²) >= 11 is 0.179. The highest BCUT2D eigenvalue weighted by molar-refractivity contribution is 7.67. The summed E-state index contributed by atoms with van der Waals surface area (Å²) in [5.74, 6) is -0.539. The fourth-order valence-electron chi connectivity index (χ4n) is 2.35. The molecule has 19 heavy (non-hydrogen) atoms. The van der Waals surface area contributed by atoms with Gasteiger partial charge in [-0.1, -0.05) is 36.4 Å². The molecule has 1 aromatic rings. The number of nitrogens with two attached hydrogens (primary N) is 1. The number of allylic oxidation sites excluding steroid dienone is 2. The van der Waals surface area contributed by atoms with Gasteiger partial charge in [0.25, 0.3) is 0 Å². The number of carbonyl (C=O) groups is 2. The van der Waals surface area contributed by atoms with E-state index in [0.29, 0.717) is 11.1 Å². The van der Waals surface area contributed by atoms with Gasteiger partial charge in [-0.2, -0.15) is 0 Å². The lowest BCUT2D eigenvalue weighted by atomic mass is 9.79. The SMILES string of the molecule is NC1C=CC2=C(C(=O)c3ccccc3C2=O)C1=S=O. The molecule has 2 aliphatic carbocycles. The van der Waals surface area contributed by atoms with Crippen LogP contribution in [-0.4, -0.2) is 26.7 Å². The van der Waals surface area contributed by atoms with Crippen molar-refractivity contribution in [2.75, 3.05) is 0 Å². The van der Waals surface area contributed by atoms with Crippen molar-refractivity contribution in [3.63, 3.8) is 0 Å². The topological polar surface area (TPSA) is 77.2 Å². The summed E-state index contributed by atoms with van der Waals surface area (Å²) in [4.78, 5) is 25.0. The highest BCUT2D eigenvalue weighted by Crippen LogP contribution is 2.30. The molecule has 0 bridgehead atoms. The zero-order valence-electron chi connectivity index (χ0n) is 9.75. The summed E-state index contributed by atoms with van der Waals surface area (Å²) in [6, 6.07) is 5.99. The molecule has 0 heterocycles. The Labute approximate surface area is 112 Å². The van der Waals surface area contributed by atoms with Gasteiger partial charge in [0.2, 0.25) is 0 Å². The van der Waals surface area contributed by atoms with Gasteiger partial charge in [0, 0.05) is 16.7 Å². The molecule has 1 unspecified atom stereocenters. The van der Waals surface area contributed by atoms with E-state index in [1.54, 1.807) is 30.3 Å². The summed E-state index contributed by atoms with van der Waals surface area (Å²) in [6.45, 7) is 0. The van der Waals surface area contributed by atoms with Crippen LogP contribution in [0.1, 0.15) is 20.7 Å². The molecular formula is C14H9NO3S. The maximum absolute atomic E-state index is 12.4. The molecule has 94 valence electrons. The fourth-order valence-corrected chi connectivity index (χ4v) is 2.83. The Morgan fingerprint density at radius 3 is 2.32 bits per heavy atom. The quantitative estimate of drug-likeness (QED) is 0.703. The lowest BCUT2D eigenvalue weighted by Crippen LogP contribution is -2.38. The second-order valence-corrected chi connectivity index (χ2v) is 4.93. The van der Waals surface area contributed by atoms with E-state index in [-0.39, 0.29) is 38.8 Å². The van der Waals surface area contributed by atoms with Crippen molar-refractivity contribution in [1.82, 2.24) is 0 Å². The highest BCUT2D eigenvalue weighted by atomic mass is 32.1. The average Bonchev–Trinajstić information content (AvgIpc) is 2.44. The number of benzene rings is 1. The molecule has 2 aliphatic rings. The molecule has 2 N–H and O–H groups in total. The Kier molecular flexibility index (Phi) is 2.66. The molecule has 3 rings (SSSR count). The van der Waals surface area contributed by atoms with Gasteiger partial charge in [-0.3, -0.25) is 9.59 Å². The van der Waals surface area contributed by atoms with E-state index in [0.717, 1.165) is 0 Å². The van der Waals surface area contributed by atoms with E-state index < -0.39 is 6.04 Å². The predicted molar refractivity (Wildman–Crippen MR) is 72.4 cm³/mol. The van der Waals surface area contributed by atoms with Crippen LogP contribution in [-0.2, 0) is 11.3 Å². The molecule has 0 spiro atoms. The number of fused-ring (bicyclic) bond motifs is 1. The summed E-state index contributed by atoms with van der Waals surface area (Å²) in [7, 11) is 0. The van der Waals surface area contributed by atoms with Crippen LogP contribution in [0.15, 0.2) is 47.6 Å². The van der Waals surface area contributed by atoms with Gasteiger partial charge in [0.05, 0.1) is 27.7 Å². The summed E-state index contributed by atoms with van der Waals surface area (Å²) in [5.41, 5.74) is 6.92. The maximum atomic E-state index is 12.4. The number of ketones is 2. The van der Waals surface area contributed by atoms with Crippen LogP contribution in [0.4, 0.5) is 0 Å². The monoisotopic (exact) mass is 271 g/mol. The van der Waals surface area contributed by atoms with Crippen LogP contribution in [0.2, 0.25) is 0 Å². The van der Waals surface area contributed by atoms with Crippen LogP contribution >= 0.6 is 0 Å². The molecule has 0 saturated carbocycles. The first-order valence-electron chi connectivity index (χ1n) is 5.68. The third kappa shape index (κ3) is 1.59. The minimum absolute atomic E-state index is 0.165. The molecule has 0 fully saturated rings. The van der Waals surface area contributed by atoms with Crippen LogP contribution < -0.4 is 5.73 Å². The number of hydrogen-bond donors (Lipinski definition) is 1. The van der Waals surface area contributed by atoms with Crippen LogP contribution in [0.5, 0.6) is 0 Å². The third-order valence-corrected chi connectivity index (χ3v) is 3.92. The molecule has 1 aromatic carbocycles. The van der Waals surface area contributed by atoms with Crippen molar-refractivity contribution in [3.8, 4) is 0 Å². The largest absolute Gasteiger partial charge is 0.320 e. The molecular weight excluding hydrogens is 262 g/mol. The van der Waals surface area contributed by atoms with E-state index in [2.05, 4.69) is 0 Å². The standard InChI is InChI=1S/C14H9NO3S/c15-10-6-5-9-11(14(10)19-18)13(17)8-4-2-1-3-7(8)12(9)16/h1-6,10H,15H2. The smallest absolute Gasteiger partial charge is 0.195 e. The minimum Gasteiger partial charge on any atom is -0.320 e. The molecule has 5 heteroatoms. The molecule has 0 aromatic heterocycles. The van der Waals surface area contributed by atoms with Crippen LogP contribution in [0, 0.1) is 0 Å². The summed E-state index contributed by atoms with van der Waals surface area (Å²) in [6.07, 6.45) is 3.11. The van der Waals surface area contributed by atoms with Crippen molar-refractivity contribution >= 4 is 27.7 Å². The van der Waals surface area contributed by atoms with Gasteiger partial charge < -0.3 is 5.73 Å². The predicted octanol–water partition coefficient (Wildman–Crippen LogP) is 0.645. The van der Waals surface area contributed by atoms with Gasteiger partial charge in [0.15, 0.2) is 11.6 Å². The Morgan fingerprint density at radius 1 is 1.05 bits per heavy atom. The normalized spacial score (nSPS) is 21.3. The fraction of sp³-hybridized carbons (Fsp3) is 0.0714. The van der Waals surface area contributed by atoms with E-state index in [1.807, 2.05) is 0 Å². The lowest BCUT2D eigenvalue weighted by Gasteiger charge is -2.24. The van der Waals surface area contributed by atoms with E-state index >= 15 is 0 Å². The zero-order valence-corrected chi connectivity index (χ0v) is 10.6. The number of carbonyl (C=O) groups excluding carboxylic acids is 2. The molecule has 0 radical (unpaired) electrons. The van der Waals surface area contributed by atoms with Crippen molar-refractivity contribution in [2.24, 2.45) is 5.73 Å². The van der Waals surface area contributed by atoms with Gasteiger partial charge in [-0.05, 0) is 0 Å². The van der Waals surface area contributed by atoms with Crippen molar-refractivity contribution in [3.05, 3.63) is 58.7 Å². The second-order valence-electron chi connectivity index (χ2n) is 4.32. The van der Waals surface area contributed by atoms with E-state index in [4.69, 9.17) is 5.73 Å². The van der Waals surface area contributed by atoms with Gasteiger partial charge in [-0.15, -0.1) is 0 Å². The van der Waals surface area contributed by atoms with Crippen molar-refractivity contribution in [2.45, 2.75) is 6.04 Å². The zero-order chi connectivity index (χ0) is 13.6. The number of rotatable bonds is 0. The summed E-state index contributed by atoms with van der Waals surface area (Å²) < 4.78 is 11.2. The van der Waals surface area contributed by atoms with Crippen LogP contribution in [0.3, 0.4) is 0 Å². The van der Waals surface area contributed by atoms with Crippen molar-refractivity contribution < 1.29 is 13.8 Å². The summed E-state index contributed by atoms with van der Waals surface area (Å²) in [5, 5.41) is 0. The molecule has 0 saturated heterocycles. The molecule has 4 nitrogen and oxygen atoms in total. The number of Topliss-reactive ketones (excluding diaryl/α,β-unsaturated/α-hetero) is 2. The lowest BCUT2D eigenvalue weighted by molar-refractivity contribution is 0.0982. The van der Waals surface area contributed by atoms with Gasteiger partial charge in [0.1, 0.15) is 0 Å². The molecule has 0 amide bonds. The average molecular weight is 271 g/mol. The van der Waals surface area contributed by atoms with E-state index in [9.17, 15) is 13.8 Å². The van der Waals surface area contributed by atoms with Crippen LogP contribution in [0.25, 0.3) is 0 Å². The van der Waals surface area contributed by atoms with Gasteiger partial charge in [-0.25, -0.2) is 4.21 Å². The maximum Gasteiger partial charge on any atom is 0.195 e. The van der Waals surface area contributed by atoms with E-state index in [1.165, 1.54) is 6.08 Å². The highest BCUT2D eigenvalue weighted by Gasteiger charge is 2.36. The minimum atomic E-state index is -0.622. The number of hydrogen-bond acceptors (Lipinski definition) is 4. The first kappa shape index (κ1) is 12.0. The molecule has 1 atom stereocenters. The third-order valence-electron chi connectivity index (χ3n) is 3.27. The Morgan fingerprint density at radius 2 is 1.68 bits per heavy atom. The Hall–Kier alpha value is -2.11. The van der Waals surface area contributed by atoms with Gasteiger partial charge >= 0.3 is 0 Å². The van der Waals surface area contributed by atoms with Crippen molar-refractivity contribution in [1.29, 1.82) is 0 Å². The molecule has 0 aliphatic heterocycles. The Bertz CT molecular complexity index is 739.